The van der Waals surface area contributed by atoms with Crippen LogP contribution in [0.2, 0.25) is 0 Å². The molecule has 0 aromatic heterocycles. The molecule has 0 radical (unpaired) electrons. The molecule has 0 aromatic rings. The zero-order chi connectivity index (χ0) is 13.6. The Hall–Kier alpha value is -1.63. The lowest BCUT2D eigenvalue weighted by molar-refractivity contribution is -0.142. The summed E-state index contributed by atoms with van der Waals surface area (Å²) in [4.78, 5) is 32.8. The van der Waals surface area contributed by atoms with Gasteiger partial charge in [-0.1, -0.05) is 0 Å². The summed E-state index contributed by atoms with van der Waals surface area (Å²) >= 11 is 0. The number of carboxylic acid groups (broad SMARTS) is 1. The first-order valence-electron chi connectivity index (χ1n) is 5.21. The molecule has 0 aromatic carbocycles. The fraction of sp³-hybridized carbons (Fsp3) is 0.700. The molecule has 0 aliphatic rings. The van der Waals surface area contributed by atoms with Gasteiger partial charge in [-0.25, -0.2) is 4.79 Å². The van der Waals surface area contributed by atoms with Crippen LogP contribution in [-0.4, -0.2) is 34.5 Å². The summed E-state index contributed by atoms with van der Waals surface area (Å²) in [5, 5.41) is 11.1. The van der Waals surface area contributed by atoms with E-state index in [1.165, 1.54) is 0 Å². The van der Waals surface area contributed by atoms with Gasteiger partial charge in [0.25, 0.3) is 0 Å². The highest BCUT2D eigenvalue weighted by atomic mass is 16.4. The number of nitrogens with one attached hydrogen (secondary N) is 1. The van der Waals surface area contributed by atoms with E-state index in [4.69, 9.17) is 16.6 Å². The number of carbonyl (C=O) groups excluding carboxylic acids is 2. The van der Waals surface area contributed by atoms with Crippen LogP contribution in [-0.2, 0) is 14.4 Å². The second-order valence-electron chi connectivity index (χ2n) is 4.63. The lowest BCUT2D eigenvalue weighted by Gasteiger charge is -2.20. The molecule has 6 N–H and O–H groups in total. The first-order valence-corrected chi connectivity index (χ1v) is 5.21. The molecule has 7 nitrogen and oxygen atoms in total. The predicted molar refractivity (Wildman–Crippen MR) is 60.9 cm³/mol. The molecule has 98 valence electrons. The summed E-state index contributed by atoms with van der Waals surface area (Å²) in [6.45, 7) is 3.32. The molecule has 1 unspecified atom stereocenters. The van der Waals surface area contributed by atoms with Crippen LogP contribution in [0.5, 0.6) is 0 Å². The van der Waals surface area contributed by atoms with Gasteiger partial charge < -0.3 is 21.9 Å². The summed E-state index contributed by atoms with van der Waals surface area (Å²) in [5.41, 5.74) is 9.83. The van der Waals surface area contributed by atoms with E-state index in [0.717, 1.165) is 0 Å². The van der Waals surface area contributed by atoms with Gasteiger partial charge in [-0.15, -0.1) is 0 Å². The van der Waals surface area contributed by atoms with Crippen molar-refractivity contribution in [2.45, 2.75) is 44.7 Å². The summed E-state index contributed by atoms with van der Waals surface area (Å²) in [7, 11) is 0. The van der Waals surface area contributed by atoms with Crippen LogP contribution in [0.1, 0.15) is 33.1 Å². The molecule has 0 saturated carbocycles. The normalized spacial score (nSPS) is 12.9. The van der Waals surface area contributed by atoms with Gasteiger partial charge in [0, 0.05) is 18.4 Å². The molecule has 2 amide bonds. The van der Waals surface area contributed by atoms with Gasteiger partial charge in [0.1, 0.15) is 6.04 Å². The fourth-order valence-corrected chi connectivity index (χ4v) is 1.20. The monoisotopic (exact) mass is 245 g/mol. The topological polar surface area (TPSA) is 136 Å². The average Bonchev–Trinajstić information content (AvgIpc) is 2.08. The van der Waals surface area contributed by atoms with Crippen LogP contribution in [0.4, 0.5) is 0 Å². The fourth-order valence-electron chi connectivity index (χ4n) is 1.20. The highest BCUT2D eigenvalue weighted by Crippen LogP contribution is 2.04. The Morgan fingerprint density at radius 1 is 1.35 bits per heavy atom. The molecule has 0 rings (SSSR count). The van der Waals surface area contributed by atoms with Crippen LogP contribution in [0, 0.1) is 0 Å². The minimum atomic E-state index is -1.20. The van der Waals surface area contributed by atoms with E-state index in [1.807, 2.05) is 0 Å². The van der Waals surface area contributed by atoms with Crippen molar-refractivity contribution in [1.82, 2.24) is 5.32 Å². The molecule has 0 saturated heterocycles. The lowest BCUT2D eigenvalue weighted by Crippen LogP contribution is -2.45. The van der Waals surface area contributed by atoms with E-state index >= 15 is 0 Å². The van der Waals surface area contributed by atoms with Crippen LogP contribution < -0.4 is 16.8 Å². The van der Waals surface area contributed by atoms with Gasteiger partial charge in [0.2, 0.25) is 11.8 Å². The Morgan fingerprint density at radius 2 is 1.88 bits per heavy atom. The minimum Gasteiger partial charge on any atom is -0.480 e. The second kappa shape index (κ2) is 6.19. The maximum absolute atomic E-state index is 11.4. The molecule has 0 heterocycles. The lowest BCUT2D eigenvalue weighted by atomic mass is 10.0. The van der Waals surface area contributed by atoms with Gasteiger partial charge in [0.05, 0.1) is 0 Å². The van der Waals surface area contributed by atoms with Crippen molar-refractivity contribution < 1.29 is 19.5 Å². The quantitative estimate of drug-likeness (QED) is 0.453. The third-order valence-electron chi connectivity index (χ3n) is 1.93. The first kappa shape index (κ1) is 15.4. The molecule has 0 aliphatic heterocycles. The Bertz CT molecular complexity index is 309. The van der Waals surface area contributed by atoms with Crippen LogP contribution in [0.15, 0.2) is 0 Å². The summed E-state index contributed by atoms with van der Waals surface area (Å²) in [6.07, 6.45) is -0.113. The van der Waals surface area contributed by atoms with Gasteiger partial charge >= 0.3 is 5.97 Å². The third-order valence-corrected chi connectivity index (χ3v) is 1.93. The van der Waals surface area contributed by atoms with Crippen molar-refractivity contribution in [3.05, 3.63) is 0 Å². The molecule has 7 heteroatoms. The number of hydrogen-bond donors (Lipinski definition) is 4. The van der Waals surface area contributed by atoms with Crippen molar-refractivity contribution in [1.29, 1.82) is 0 Å². The second-order valence-corrected chi connectivity index (χ2v) is 4.63. The number of carbonyl (C=O) groups is 3. The number of carboxylic acids is 1. The molecule has 1 atom stereocenters. The Kier molecular flexibility index (Phi) is 5.60. The van der Waals surface area contributed by atoms with Crippen molar-refractivity contribution in [2.24, 2.45) is 11.5 Å². The molecular formula is C10H19N3O4. The molecule has 0 spiro atoms. The maximum atomic E-state index is 11.4. The van der Waals surface area contributed by atoms with Gasteiger partial charge in [-0.3, -0.25) is 9.59 Å². The van der Waals surface area contributed by atoms with Crippen molar-refractivity contribution >= 4 is 17.8 Å². The largest absolute Gasteiger partial charge is 0.480 e. The number of hydrogen-bond acceptors (Lipinski definition) is 4. The van der Waals surface area contributed by atoms with Crippen LogP contribution in [0.3, 0.4) is 0 Å². The highest BCUT2D eigenvalue weighted by molar-refractivity contribution is 5.84. The Balaban J connectivity index is 4.30. The molecule has 0 aliphatic carbocycles. The van der Waals surface area contributed by atoms with E-state index in [9.17, 15) is 14.4 Å². The number of nitrogens with two attached hydrogens (primary N) is 2. The number of amides is 2. The van der Waals surface area contributed by atoms with Crippen molar-refractivity contribution in [3.8, 4) is 0 Å². The van der Waals surface area contributed by atoms with E-state index in [2.05, 4.69) is 5.32 Å². The average molecular weight is 245 g/mol. The van der Waals surface area contributed by atoms with Gasteiger partial charge in [0.15, 0.2) is 0 Å². The SMILES string of the molecule is CC(C)(N)CC(=O)NC(CCC(N)=O)C(=O)O. The van der Waals surface area contributed by atoms with E-state index < -0.39 is 29.4 Å². The number of aliphatic carboxylic acids is 1. The maximum Gasteiger partial charge on any atom is 0.326 e. The Labute approximate surface area is 99.5 Å². The number of primary amides is 1. The zero-order valence-corrected chi connectivity index (χ0v) is 10.0. The van der Waals surface area contributed by atoms with Crippen LogP contribution in [0.25, 0.3) is 0 Å². The van der Waals surface area contributed by atoms with E-state index in [-0.39, 0.29) is 19.3 Å². The molecule has 0 fully saturated rings. The smallest absolute Gasteiger partial charge is 0.326 e. The minimum absolute atomic E-state index is 0.00729. The molecular weight excluding hydrogens is 226 g/mol. The highest BCUT2D eigenvalue weighted by Gasteiger charge is 2.23. The summed E-state index contributed by atoms with van der Waals surface area (Å²) in [6, 6.07) is -1.11. The molecule has 17 heavy (non-hydrogen) atoms. The van der Waals surface area contributed by atoms with Crippen LogP contribution >= 0.6 is 0 Å². The Morgan fingerprint density at radius 3 is 2.24 bits per heavy atom. The predicted octanol–water partition coefficient (Wildman–Crippen LogP) is -1.05. The summed E-state index contributed by atoms with van der Waals surface area (Å²) < 4.78 is 0. The van der Waals surface area contributed by atoms with Crippen molar-refractivity contribution in [3.63, 3.8) is 0 Å². The van der Waals surface area contributed by atoms with E-state index in [0.29, 0.717) is 0 Å². The molecule has 0 bridgehead atoms. The van der Waals surface area contributed by atoms with E-state index in [1.54, 1.807) is 13.8 Å². The van der Waals surface area contributed by atoms with Crippen molar-refractivity contribution in [2.75, 3.05) is 0 Å². The zero-order valence-electron chi connectivity index (χ0n) is 10.0. The van der Waals surface area contributed by atoms with Gasteiger partial charge in [-0.2, -0.15) is 0 Å². The standard InChI is InChI=1S/C10H19N3O4/c1-10(2,12)5-8(15)13-6(9(16)17)3-4-7(11)14/h6H,3-5,12H2,1-2H3,(H2,11,14)(H,13,15)(H,16,17). The number of rotatable bonds is 7. The third kappa shape index (κ3) is 8.21. The van der Waals surface area contributed by atoms with Gasteiger partial charge in [-0.05, 0) is 20.3 Å². The summed E-state index contributed by atoms with van der Waals surface area (Å²) in [5.74, 6) is -2.27. The first-order chi connectivity index (χ1) is 7.61.